The topological polar surface area (TPSA) is 88.7 Å². The molecule has 5 heteroatoms. The number of nitriles is 2. The molecule has 0 saturated heterocycles. The molecule has 0 saturated carbocycles. The maximum absolute atomic E-state index is 11.7. The Labute approximate surface area is 134 Å². The van der Waals surface area contributed by atoms with Crippen LogP contribution in [0.1, 0.15) is 10.4 Å². The van der Waals surface area contributed by atoms with Gasteiger partial charge in [-0.25, -0.2) is 0 Å². The number of anilines is 1. The molecule has 0 spiro atoms. The van der Waals surface area contributed by atoms with E-state index in [0.717, 1.165) is 16.8 Å². The van der Waals surface area contributed by atoms with Gasteiger partial charge in [-0.2, -0.15) is 10.5 Å². The van der Waals surface area contributed by atoms with E-state index in [1.54, 1.807) is 25.3 Å². The van der Waals surface area contributed by atoms with E-state index in [4.69, 9.17) is 10.5 Å². The van der Waals surface area contributed by atoms with Crippen molar-refractivity contribution in [3.63, 3.8) is 0 Å². The van der Waals surface area contributed by atoms with Crippen molar-refractivity contribution >= 4 is 11.6 Å². The molecule has 2 aromatic carbocycles. The molecular weight excluding hydrogens is 288 g/mol. The molecule has 2 aromatic rings. The van der Waals surface area contributed by atoms with Crippen LogP contribution in [0.3, 0.4) is 0 Å². The number of carbonyl (C=O) groups is 1. The molecule has 1 amide bonds. The average molecular weight is 302 g/mol. The lowest BCUT2D eigenvalue weighted by Gasteiger charge is -2.06. The molecule has 0 fully saturated rings. The van der Waals surface area contributed by atoms with E-state index >= 15 is 0 Å². The number of amides is 1. The molecule has 0 unspecified atom stereocenters. The number of nitrogens with zero attached hydrogens (tertiary/aromatic N) is 2. The fraction of sp³-hybridized carbons (Fsp3) is 0.0556. The summed E-state index contributed by atoms with van der Waals surface area (Å²) in [6.07, 6.45) is 1.36. The van der Waals surface area contributed by atoms with Gasteiger partial charge in [-0.15, -0.1) is 0 Å². The van der Waals surface area contributed by atoms with Crippen LogP contribution in [-0.4, -0.2) is 13.0 Å². The Morgan fingerprint density at radius 1 is 1.04 bits per heavy atom. The van der Waals surface area contributed by atoms with Gasteiger partial charge < -0.3 is 10.6 Å². The lowest BCUT2D eigenvalue weighted by Crippen LogP contribution is -2.17. The van der Waals surface area contributed by atoms with Gasteiger partial charge in [-0.3, -0.25) is 4.79 Å². The zero-order chi connectivity index (χ0) is 16.7. The third kappa shape index (κ3) is 3.96. The number of benzene rings is 2. The van der Waals surface area contributed by atoms with Crippen LogP contribution in [0.4, 0.5) is 5.69 Å². The molecule has 112 valence electrons. The Hall–Kier alpha value is -3.57. The normalized spacial score (nSPS) is 9.17. The molecule has 2 rings (SSSR count). The molecule has 2 N–H and O–H groups in total. The van der Waals surface area contributed by atoms with E-state index < -0.39 is 0 Å². The molecule has 0 atom stereocenters. The molecule has 0 radical (unpaired) electrons. The Morgan fingerprint density at radius 3 is 2.35 bits per heavy atom. The van der Waals surface area contributed by atoms with Crippen molar-refractivity contribution in [3.05, 3.63) is 65.9 Å². The van der Waals surface area contributed by atoms with Crippen LogP contribution in [0.15, 0.2) is 60.3 Å². The van der Waals surface area contributed by atoms with Crippen molar-refractivity contribution in [2.45, 2.75) is 0 Å². The van der Waals surface area contributed by atoms with Crippen molar-refractivity contribution in [2.75, 3.05) is 12.4 Å². The minimum absolute atomic E-state index is 0.00681. The smallest absolute Gasteiger partial charge is 0.251 e. The van der Waals surface area contributed by atoms with Crippen LogP contribution in [0.25, 0.3) is 11.1 Å². The van der Waals surface area contributed by atoms with Crippen LogP contribution in [0, 0.1) is 22.7 Å². The molecule has 0 bridgehead atoms. The van der Waals surface area contributed by atoms with Crippen LogP contribution in [0.5, 0.6) is 0 Å². The highest BCUT2D eigenvalue weighted by Crippen LogP contribution is 2.22. The first kappa shape index (κ1) is 15.8. The summed E-state index contributed by atoms with van der Waals surface area (Å²) in [5.41, 5.74) is 3.27. The first-order valence-electron chi connectivity index (χ1n) is 6.87. The van der Waals surface area contributed by atoms with Crippen LogP contribution < -0.4 is 10.6 Å². The first-order valence-corrected chi connectivity index (χ1v) is 6.87. The zero-order valence-corrected chi connectivity index (χ0v) is 12.5. The van der Waals surface area contributed by atoms with Gasteiger partial charge in [0.15, 0.2) is 0 Å². The second kappa shape index (κ2) is 7.44. The highest BCUT2D eigenvalue weighted by Gasteiger charge is 2.05. The Morgan fingerprint density at radius 2 is 1.74 bits per heavy atom. The van der Waals surface area contributed by atoms with Crippen LogP contribution >= 0.6 is 0 Å². The van der Waals surface area contributed by atoms with Gasteiger partial charge in [0.2, 0.25) is 0 Å². The molecule has 23 heavy (non-hydrogen) atoms. The lowest BCUT2D eigenvalue weighted by molar-refractivity contribution is 0.0963. The summed E-state index contributed by atoms with van der Waals surface area (Å²) in [6.45, 7) is 0. The monoisotopic (exact) mass is 302 g/mol. The number of allylic oxidation sites excluding steroid dienone is 1. The summed E-state index contributed by atoms with van der Waals surface area (Å²) >= 11 is 0. The number of nitrogens with one attached hydrogen (secondary N) is 2. The van der Waals surface area contributed by atoms with E-state index in [1.807, 2.05) is 42.5 Å². The second-order valence-electron chi connectivity index (χ2n) is 4.66. The maximum atomic E-state index is 11.7. The fourth-order valence-corrected chi connectivity index (χ4v) is 1.99. The minimum atomic E-state index is -0.129. The predicted molar refractivity (Wildman–Crippen MR) is 88.2 cm³/mol. The van der Waals surface area contributed by atoms with E-state index in [2.05, 4.69) is 10.6 Å². The third-order valence-electron chi connectivity index (χ3n) is 3.19. The summed E-state index contributed by atoms with van der Waals surface area (Å²) in [4.78, 5) is 11.7. The molecular formula is C18H14N4O. The van der Waals surface area contributed by atoms with Crippen molar-refractivity contribution in [1.29, 1.82) is 10.5 Å². The molecule has 0 aliphatic carbocycles. The second-order valence-corrected chi connectivity index (χ2v) is 4.66. The number of rotatable bonds is 4. The van der Waals surface area contributed by atoms with E-state index in [9.17, 15) is 4.79 Å². The molecule has 0 heterocycles. The SMILES string of the molecule is CNC(=O)c1cccc(-c2ccc(NC=C(C#N)C#N)cc2)c1. The van der Waals surface area contributed by atoms with Gasteiger partial charge in [0.25, 0.3) is 5.91 Å². The minimum Gasteiger partial charge on any atom is -0.360 e. The van der Waals surface area contributed by atoms with Gasteiger partial charge in [0, 0.05) is 24.5 Å². The van der Waals surface area contributed by atoms with Gasteiger partial charge in [-0.1, -0.05) is 24.3 Å². The summed E-state index contributed by atoms with van der Waals surface area (Å²) in [5, 5.41) is 22.8. The largest absolute Gasteiger partial charge is 0.360 e. The number of hydrogen-bond donors (Lipinski definition) is 2. The summed E-state index contributed by atoms with van der Waals surface area (Å²) in [6, 6.07) is 18.4. The number of hydrogen-bond acceptors (Lipinski definition) is 4. The van der Waals surface area contributed by atoms with Crippen molar-refractivity contribution in [3.8, 4) is 23.3 Å². The van der Waals surface area contributed by atoms with Crippen LogP contribution in [-0.2, 0) is 0 Å². The van der Waals surface area contributed by atoms with E-state index in [-0.39, 0.29) is 11.5 Å². The molecule has 5 nitrogen and oxygen atoms in total. The van der Waals surface area contributed by atoms with Crippen LogP contribution in [0.2, 0.25) is 0 Å². The molecule has 0 aliphatic rings. The zero-order valence-electron chi connectivity index (χ0n) is 12.5. The highest BCUT2D eigenvalue weighted by atomic mass is 16.1. The van der Waals surface area contributed by atoms with Gasteiger partial charge in [-0.05, 0) is 35.4 Å². The third-order valence-corrected chi connectivity index (χ3v) is 3.19. The summed E-state index contributed by atoms with van der Waals surface area (Å²) in [7, 11) is 1.60. The molecule has 0 aromatic heterocycles. The Balaban J connectivity index is 2.20. The first-order chi connectivity index (χ1) is 11.2. The average Bonchev–Trinajstić information content (AvgIpc) is 2.62. The Kier molecular flexibility index (Phi) is 5.12. The predicted octanol–water partition coefficient (Wildman–Crippen LogP) is 3.06. The van der Waals surface area contributed by atoms with E-state index in [0.29, 0.717) is 5.56 Å². The highest BCUT2D eigenvalue weighted by molar-refractivity contribution is 5.95. The van der Waals surface area contributed by atoms with E-state index in [1.165, 1.54) is 6.20 Å². The van der Waals surface area contributed by atoms with Crippen molar-refractivity contribution in [1.82, 2.24) is 5.32 Å². The lowest BCUT2D eigenvalue weighted by atomic mass is 10.0. The van der Waals surface area contributed by atoms with Gasteiger partial charge in [0.05, 0.1) is 0 Å². The fourth-order valence-electron chi connectivity index (χ4n) is 1.99. The number of carbonyl (C=O) groups excluding carboxylic acids is 1. The van der Waals surface area contributed by atoms with Gasteiger partial charge in [0.1, 0.15) is 17.7 Å². The summed E-state index contributed by atoms with van der Waals surface area (Å²) in [5.74, 6) is -0.129. The van der Waals surface area contributed by atoms with Crippen molar-refractivity contribution < 1.29 is 4.79 Å². The van der Waals surface area contributed by atoms with Crippen molar-refractivity contribution in [2.24, 2.45) is 0 Å². The standard InChI is InChI=1S/C18H14N4O/c1-21-18(23)16-4-2-3-15(9-16)14-5-7-17(8-6-14)22-12-13(10-19)11-20/h2-9,12,22H,1H3,(H,21,23). The maximum Gasteiger partial charge on any atom is 0.251 e. The quantitative estimate of drug-likeness (QED) is 0.849. The summed E-state index contributed by atoms with van der Waals surface area (Å²) < 4.78 is 0. The molecule has 0 aliphatic heterocycles. The Bertz CT molecular complexity index is 807. The van der Waals surface area contributed by atoms with Gasteiger partial charge >= 0.3 is 0 Å².